The molecule has 0 aliphatic heterocycles. The Kier molecular flexibility index (Phi) is 5.02. The highest BCUT2D eigenvalue weighted by Crippen LogP contribution is 2.15. The fraction of sp³-hybridized carbons (Fsp3) is 0.133. The van der Waals surface area contributed by atoms with Gasteiger partial charge in [0.05, 0.1) is 11.5 Å². The normalized spacial score (nSPS) is 10.0. The molecule has 6 nitrogen and oxygen atoms in total. The zero-order chi connectivity index (χ0) is 15.9. The molecule has 22 heavy (non-hydrogen) atoms. The molecule has 0 atom stereocenters. The molecular formula is C15H13FN2O4. The third-order valence-electron chi connectivity index (χ3n) is 2.82. The average molecular weight is 304 g/mol. The van der Waals surface area contributed by atoms with Gasteiger partial charge in [-0.05, 0) is 24.3 Å². The van der Waals surface area contributed by atoms with E-state index in [4.69, 9.17) is 4.74 Å². The van der Waals surface area contributed by atoms with Gasteiger partial charge in [0.2, 0.25) is 0 Å². The first-order valence-electron chi connectivity index (χ1n) is 6.48. The molecule has 0 radical (unpaired) electrons. The van der Waals surface area contributed by atoms with E-state index in [0.29, 0.717) is 5.56 Å². The largest absolute Gasteiger partial charge is 0.489 e. The number of halogens is 1. The van der Waals surface area contributed by atoms with Gasteiger partial charge in [-0.3, -0.25) is 14.9 Å². The third-order valence-corrected chi connectivity index (χ3v) is 2.82. The van der Waals surface area contributed by atoms with E-state index in [0.717, 1.165) is 0 Å². The smallest absolute Gasteiger partial charge is 0.269 e. The molecule has 0 spiro atoms. The van der Waals surface area contributed by atoms with Crippen molar-refractivity contribution in [2.75, 3.05) is 13.2 Å². The molecule has 0 bridgehead atoms. The van der Waals surface area contributed by atoms with Gasteiger partial charge in [-0.2, -0.15) is 0 Å². The van der Waals surface area contributed by atoms with E-state index < -0.39 is 10.7 Å². The number of hydrogen-bond acceptors (Lipinski definition) is 4. The van der Waals surface area contributed by atoms with E-state index >= 15 is 0 Å². The lowest BCUT2D eigenvalue weighted by molar-refractivity contribution is -0.384. The quantitative estimate of drug-likeness (QED) is 0.505. The summed E-state index contributed by atoms with van der Waals surface area (Å²) in [5.74, 6) is -0.733. The van der Waals surface area contributed by atoms with E-state index in [1.165, 1.54) is 36.4 Å². The minimum atomic E-state index is -0.538. The van der Waals surface area contributed by atoms with Crippen LogP contribution >= 0.6 is 0 Å². The monoisotopic (exact) mass is 304 g/mol. The number of nitro groups is 1. The van der Waals surface area contributed by atoms with Gasteiger partial charge in [-0.15, -0.1) is 0 Å². The molecular weight excluding hydrogens is 291 g/mol. The lowest BCUT2D eigenvalue weighted by atomic mass is 10.2. The molecule has 0 aromatic heterocycles. The summed E-state index contributed by atoms with van der Waals surface area (Å²) < 4.78 is 18.5. The number of rotatable bonds is 6. The minimum absolute atomic E-state index is 0.0839. The number of para-hydroxylation sites is 1. The van der Waals surface area contributed by atoms with Crippen LogP contribution in [0.5, 0.6) is 5.75 Å². The maximum absolute atomic E-state index is 13.3. The maximum atomic E-state index is 13.3. The molecule has 1 N–H and O–H groups in total. The summed E-state index contributed by atoms with van der Waals surface area (Å²) in [7, 11) is 0. The Bertz CT molecular complexity index is 673. The zero-order valence-electron chi connectivity index (χ0n) is 11.5. The predicted octanol–water partition coefficient (Wildman–Crippen LogP) is 2.54. The highest BCUT2D eigenvalue weighted by atomic mass is 19.1. The first kappa shape index (κ1) is 15.4. The van der Waals surface area contributed by atoms with Crippen molar-refractivity contribution < 1.29 is 18.8 Å². The van der Waals surface area contributed by atoms with Crippen molar-refractivity contribution in [2.45, 2.75) is 0 Å². The number of hydrogen-bond donors (Lipinski definition) is 1. The van der Waals surface area contributed by atoms with Crippen LogP contribution in [0, 0.1) is 15.9 Å². The standard InChI is InChI=1S/C15H13FN2O4/c16-13-3-1-2-4-14(13)22-10-9-17-15(19)11-5-7-12(8-6-11)18(20)21/h1-8H,9-10H2,(H,17,19). The summed E-state index contributed by atoms with van der Waals surface area (Å²) >= 11 is 0. The van der Waals surface area contributed by atoms with E-state index in [1.807, 2.05) is 0 Å². The molecule has 2 aromatic rings. The number of carbonyl (C=O) groups is 1. The average Bonchev–Trinajstić information content (AvgIpc) is 2.53. The summed E-state index contributed by atoms with van der Waals surface area (Å²) in [5, 5.41) is 13.1. The highest BCUT2D eigenvalue weighted by Gasteiger charge is 2.09. The van der Waals surface area contributed by atoms with Crippen LogP contribution in [-0.2, 0) is 0 Å². The second kappa shape index (κ2) is 7.16. The third kappa shape index (κ3) is 4.02. The van der Waals surface area contributed by atoms with Crippen LogP contribution in [0.15, 0.2) is 48.5 Å². The van der Waals surface area contributed by atoms with Crippen LogP contribution < -0.4 is 10.1 Å². The van der Waals surface area contributed by atoms with Gasteiger partial charge >= 0.3 is 0 Å². The van der Waals surface area contributed by atoms with Gasteiger partial charge in [-0.25, -0.2) is 4.39 Å². The molecule has 0 saturated heterocycles. The van der Waals surface area contributed by atoms with Crippen molar-refractivity contribution in [3.05, 3.63) is 70.0 Å². The zero-order valence-corrected chi connectivity index (χ0v) is 11.5. The van der Waals surface area contributed by atoms with Crippen LogP contribution in [0.4, 0.5) is 10.1 Å². The van der Waals surface area contributed by atoms with Gasteiger partial charge in [0, 0.05) is 17.7 Å². The van der Waals surface area contributed by atoms with Gasteiger partial charge in [0.25, 0.3) is 11.6 Å². The number of nitrogens with one attached hydrogen (secondary N) is 1. The van der Waals surface area contributed by atoms with Crippen LogP contribution in [-0.4, -0.2) is 24.0 Å². The molecule has 114 valence electrons. The second-order valence-electron chi connectivity index (χ2n) is 4.34. The lowest BCUT2D eigenvalue weighted by Gasteiger charge is -2.08. The van der Waals surface area contributed by atoms with E-state index in [1.54, 1.807) is 12.1 Å². The SMILES string of the molecule is O=C(NCCOc1ccccc1F)c1ccc([N+](=O)[O-])cc1. The molecule has 0 heterocycles. The van der Waals surface area contributed by atoms with Crippen LogP contribution in [0.1, 0.15) is 10.4 Å². The van der Waals surface area contributed by atoms with E-state index in [9.17, 15) is 19.3 Å². The number of nitrogens with zero attached hydrogens (tertiary/aromatic N) is 1. The number of benzene rings is 2. The molecule has 0 aliphatic rings. The van der Waals surface area contributed by atoms with Gasteiger partial charge in [0.1, 0.15) is 6.61 Å². The molecule has 1 amide bonds. The molecule has 0 unspecified atom stereocenters. The minimum Gasteiger partial charge on any atom is -0.489 e. The highest BCUT2D eigenvalue weighted by molar-refractivity contribution is 5.94. The first-order valence-corrected chi connectivity index (χ1v) is 6.48. The summed E-state index contributed by atoms with van der Waals surface area (Å²) in [4.78, 5) is 21.8. The predicted molar refractivity (Wildman–Crippen MR) is 77.3 cm³/mol. The first-order chi connectivity index (χ1) is 10.6. The fourth-order valence-corrected chi connectivity index (χ4v) is 1.72. The lowest BCUT2D eigenvalue weighted by Crippen LogP contribution is -2.28. The molecule has 2 rings (SSSR count). The summed E-state index contributed by atoms with van der Waals surface area (Å²) in [5.41, 5.74) is 0.218. The fourth-order valence-electron chi connectivity index (χ4n) is 1.72. The van der Waals surface area contributed by atoms with E-state index in [2.05, 4.69) is 5.32 Å². The van der Waals surface area contributed by atoms with Crippen LogP contribution in [0.3, 0.4) is 0 Å². The number of nitro benzene ring substituents is 1. The Labute approximate surface area is 125 Å². The Morgan fingerprint density at radius 2 is 1.86 bits per heavy atom. The molecule has 0 aliphatic carbocycles. The Balaban J connectivity index is 1.80. The molecule has 7 heteroatoms. The summed E-state index contributed by atoms with van der Waals surface area (Å²) in [6.45, 7) is 0.295. The summed E-state index contributed by atoms with van der Waals surface area (Å²) in [6.07, 6.45) is 0. The molecule has 0 saturated carbocycles. The van der Waals surface area contributed by atoms with Crippen molar-refractivity contribution in [2.24, 2.45) is 0 Å². The number of carbonyl (C=O) groups excluding carboxylic acids is 1. The topological polar surface area (TPSA) is 81.5 Å². The van der Waals surface area contributed by atoms with Crippen molar-refractivity contribution in [3.63, 3.8) is 0 Å². The van der Waals surface area contributed by atoms with Crippen molar-refractivity contribution >= 4 is 11.6 Å². The van der Waals surface area contributed by atoms with Gasteiger partial charge in [-0.1, -0.05) is 12.1 Å². The van der Waals surface area contributed by atoms with Gasteiger partial charge < -0.3 is 10.1 Å². The second-order valence-corrected chi connectivity index (χ2v) is 4.34. The Morgan fingerprint density at radius 1 is 1.18 bits per heavy atom. The molecule has 2 aromatic carbocycles. The van der Waals surface area contributed by atoms with Crippen molar-refractivity contribution in [1.82, 2.24) is 5.32 Å². The van der Waals surface area contributed by atoms with Crippen molar-refractivity contribution in [3.8, 4) is 5.75 Å². The van der Waals surface area contributed by atoms with E-state index in [-0.39, 0.29) is 30.5 Å². The maximum Gasteiger partial charge on any atom is 0.269 e. The van der Waals surface area contributed by atoms with Gasteiger partial charge in [0.15, 0.2) is 11.6 Å². The van der Waals surface area contributed by atoms with Crippen LogP contribution in [0.25, 0.3) is 0 Å². The Morgan fingerprint density at radius 3 is 2.50 bits per heavy atom. The molecule has 0 fully saturated rings. The number of ether oxygens (including phenoxy) is 1. The number of amides is 1. The number of non-ortho nitro benzene ring substituents is 1. The van der Waals surface area contributed by atoms with Crippen molar-refractivity contribution in [1.29, 1.82) is 0 Å². The summed E-state index contributed by atoms with van der Waals surface area (Å²) in [6, 6.07) is 11.2. The Hall–Kier alpha value is -2.96. The van der Waals surface area contributed by atoms with Crippen LogP contribution in [0.2, 0.25) is 0 Å².